The van der Waals surface area contributed by atoms with Gasteiger partial charge >= 0.3 is 30.0 Å². The third-order valence-electron chi connectivity index (χ3n) is 12.0. The van der Waals surface area contributed by atoms with Gasteiger partial charge in [0.25, 0.3) is 0 Å². The van der Waals surface area contributed by atoms with Crippen LogP contribution in [0.5, 0.6) is 0 Å². The summed E-state index contributed by atoms with van der Waals surface area (Å²) in [4.78, 5) is 66.3. The molecule has 0 aromatic carbocycles. The Morgan fingerprint density at radius 2 is 0.921 bits per heavy atom. The zero-order chi connectivity index (χ0) is 46.0. The maximum absolute atomic E-state index is 13.2. The summed E-state index contributed by atoms with van der Waals surface area (Å²) in [5.74, 6) is -1.85. The maximum atomic E-state index is 13.2. The normalized spacial score (nSPS) is 21.7. The number of likely N-dealkylation sites (N-methyl/N-ethyl adjacent to an activating group) is 1. The van der Waals surface area contributed by atoms with E-state index in [1.807, 2.05) is 19.0 Å². The van der Waals surface area contributed by atoms with Gasteiger partial charge in [0.05, 0.1) is 44.7 Å². The molecule has 63 heavy (non-hydrogen) atoms. The Bertz CT molecular complexity index is 1070. The van der Waals surface area contributed by atoms with E-state index in [4.69, 9.17) is 28.4 Å². The summed E-state index contributed by atoms with van der Waals surface area (Å²) < 4.78 is 32.6. The maximum Gasteiger partial charge on any atom is 0.509 e. The molecule has 0 aliphatic carbocycles. The van der Waals surface area contributed by atoms with E-state index in [1.165, 1.54) is 89.9 Å². The van der Waals surface area contributed by atoms with Crippen molar-refractivity contribution in [1.82, 2.24) is 4.90 Å². The largest absolute Gasteiger partial charge is 0.509 e. The van der Waals surface area contributed by atoms with Gasteiger partial charge in [-0.2, -0.15) is 0 Å². The number of nitrogens with zero attached hydrogens (tertiary/aromatic N) is 1. The molecule has 0 N–H and O–H groups in total. The van der Waals surface area contributed by atoms with Crippen LogP contribution in [-0.4, -0.2) is 94.7 Å². The fourth-order valence-electron chi connectivity index (χ4n) is 7.94. The molecular weight excluding hydrogens is 803 g/mol. The second-order valence-corrected chi connectivity index (χ2v) is 18.2. The first-order valence-electron chi connectivity index (χ1n) is 25.8. The van der Waals surface area contributed by atoms with Crippen molar-refractivity contribution in [3.8, 4) is 0 Å². The summed E-state index contributed by atoms with van der Waals surface area (Å²) in [6.07, 6.45) is 30.2. The molecule has 0 amide bonds. The van der Waals surface area contributed by atoms with Crippen LogP contribution in [0.2, 0.25) is 0 Å². The first kappa shape index (κ1) is 58.1. The van der Waals surface area contributed by atoms with Crippen molar-refractivity contribution in [3.05, 3.63) is 0 Å². The monoisotopic (exact) mass is 896 g/mol. The molecule has 1 aliphatic rings. The highest BCUT2D eigenvalue weighted by molar-refractivity contribution is 5.83. The molecule has 1 saturated heterocycles. The Morgan fingerprint density at radius 3 is 1.38 bits per heavy atom. The molecule has 0 spiro atoms. The van der Waals surface area contributed by atoms with Crippen LogP contribution in [0.25, 0.3) is 0 Å². The van der Waals surface area contributed by atoms with Gasteiger partial charge in [0.2, 0.25) is 6.10 Å². The van der Waals surface area contributed by atoms with Crippen LogP contribution >= 0.6 is 0 Å². The SMILES string of the molecule is CCCCCCCCC1CCCCCCCCCCCCC(CCCCCCCC)C(=O)OCCCCCOC(=O)OC(C(=O)OCCN(C)C)CC(=O)OCCCCCOC1=O. The van der Waals surface area contributed by atoms with Gasteiger partial charge in [-0.05, 0) is 78.3 Å². The molecule has 12 heteroatoms. The summed E-state index contributed by atoms with van der Waals surface area (Å²) in [5, 5.41) is 0. The smallest absolute Gasteiger partial charge is 0.466 e. The van der Waals surface area contributed by atoms with E-state index in [9.17, 15) is 24.0 Å². The topological polar surface area (TPSA) is 144 Å². The minimum Gasteiger partial charge on any atom is -0.466 e. The molecule has 0 aromatic heterocycles. The lowest BCUT2D eigenvalue weighted by molar-refractivity contribution is -0.161. The molecule has 0 aromatic rings. The number of carbonyl (C=O) groups is 5. The second kappa shape index (κ2) is 41.8. The van der Waals surface area contributed by atoms with Gasteiger partial charge in [-0.15, -0.1) is 0 Å². The summed E-state index contributed by atoms with van der Waals surface area (Å²) >= 11 is 0. The van der Waals surface area contributed by atoms with Crippen LogP contribution in [0.4, 0.5) is 4.79 Å². The van der Waals surface area contributed by atoms with E-state index < -0.39 is 30.6 Å². The van der Waals surface area contributed by atoms with E-state index in [-0.39, 0.29) is 43.6 Å². The molecule has 368 valence electrons. The minimum absolute atomic E-state index is 0.0510. The Labute approximate surface area is 383 Å². The predicted molar refractivity (Wildman–Crippen MR) is 249 cm³/mol. The average Bonchev–Trinajstić information content (AvgIpc) is 3.25. The number of hydrogen-bond donors (Lipinski definition) is 0. The first-order valence-corrected chi connectivity index (χ1v) is 25.8. The lowest BCUT2D eigenvalue weighted by atomic mass is 9.93. The van der Waals surface area contributed by atoms with E-state index >= 15 is 0 Å². The number of carbonyl (C=O) groups excluding carboxylic acids is 5. The number of ether oxygens (including phenoxy) is 6. The Morgan fingerprint density at radius 1 is 0.524 bits per heavy atom. The van der Waals surface area contributed by atoms with Gasteiger partial charge in [-0.1, -0.05) is 155 Å². The quantitative estimate of drug-likeness (QED) is 0.0733. The second-order valence-electron chi connectivity index (χ2n) is 18.2. The van der Waals surface area contributed by atoms with Crippen molar-refractivity contribution in [2.24, 2.45) is 11.8 Å². The van der Waals surface area contributed by atoms with Gasteiger partial charge < -0.3 is 33.3 Å². The molecule has 0 radical (unpaired) electrons. The van der Waals surface area contributed by atoms with Gasteiger partial charge in [-0.3, -0.25) is 14.4 Å². The molecule has 0 saturated carbocycles. The number of rotatable bonds is 18. The Hall–Kier alpha value is -2.89. The fraction of sp³-hybridized carbons (Fsp3) is 0.902. The number of hydrogen-bond acceptors (Lipinski definition) is 12. The van der Waals surface area contributed by atoms with Crippen LogP contribution in [0, 0.1) is 11.8 Å². The Kier molecular flexibility index (Phi) is 38.6. The van der Waals surface area contributed by atoms with E-state index in [1.54, 1.807) is 0 Å². The molecule has 3 atom stereocenters. The zero-order valence-electron chi connectivity index (χ0n) is 40.7. The van der Waals surface area contributed by atoms with E-state index in [0.717, 1.165) is 77.0 Å². The first-order chi connectivity index (χ1) is 30.7. The molecule has 3 unspecified atom stereocenters. The fourth-order valence-corrected chi connectivity index (χ4v) is 7.94. The molecule has 12 nitrogen and oxygen atoms in total. The van der Waals surface area contributed by atoms with Crippen LogP contribution in [0.3, 0.4) is 0 Å². The van der Waals surface area contributed by atoms with Gasteiger partial charge in [-0.25, -0.2) is 9.59 Å². The lowest BCUT2D eigenvalue weighted by Crippen LogP contribution is -2.34. The molecule has 1 heterocycles. The Balaban J connectivity index is 2.83. The highest BCUT2D eigenvalue weighted by Gasteiger charge is 2.29. The number of esters is 4. The lowest BCUT2D eigenvalue weighted by Gasteiger charge is -2.17. The zero-order valence-corrected chi connectivity index (χ0v) is 40.7. The van der Waals surface area contributed by atoms with E-state index in [0.29, 0.717) is 58.3 Å². The van der Waals surface area contributed by atoms with Crippen LogP contribution < -0.4 is 0 Å². The third kappa shape index (κ3) is 35.1. The van der Waals surface area contributed by atoms with Gasteiger partial charge in [0.15, 0.2) is 0 Å². The summed E-state index contributed by atoms with van der Waals surface area (Å²) in [6, 6.07) is 0. The van der Waals surface area contributed by atoms with Crippen molar-refractivity contribution in [2.45, 2.75) is 232 Å². The summed E-state index contributed by atoms with van der Waals surface area (Å²) in [5.41, 5.74) is 0. The van der Waals surface area contributed by atoms with E-state index in [2.05, 4.69) is 13.8 Å². The standard InChI is InChI=1S/C51H93NO11/c1-5-7-9-11-19-25-33-44-35-27-21-17-15-13-14-16-18-22-28-36-45(34-26-20-12-10-8-6-2)49(55)60-40-31-24-32-41-62-51(57)63-46(50(56)61-42-37-52(3)4)43-47(53)58-38-29-23-30-39-59-48(44)54/h44-46H,5-43H2,1-4H3. The van der Waals surface area contributed by atoms with Crippen molar-refractivity contribution in [2.75, 3.05) is 53.7 Å². The molecule has 1 aliphatic heterocycles. The highest BCUT2D eigenvalue weighted by Crippen LogP contribution is 2.23. The summed E-state index contributed by atoms with van der Waals surface area (Å²) in [7, 11) is 3.67. The molecule has 0 bridgehead atoms. The highest BCUT2D eigenvalue weighted by atomic mass is 16.7. The molecule has 1 fully saturated rings. The number of unbranched alkanes of at least 4 members (excludes halogenated alkanes) is 10. The predicted octanol–water partition coefficient (Wildman–Crippen LogP) is 12.4. The number of cyclic esters (lactones) is 5. The van der Waals surface area contributed by atoms with Crippen LogP contribution in [-0.2, 0) is 47.6 Å². The molecule has 1 rings (SSSR count). The van der Waals surface area contributed by atoms with Crippen molar-refractivity contribution in [3.63, 3.8) is 0 Å². The minimum atomic E-state index is -1.51. The van der Waals surface area contributed by atoms with Crippen molar-refractivity contribution in [1.29, 1.82) is 0 Å². The van der Waals surface area contributed by atoms with Gasteiger partial charge in [0, 0.05) is 6.54 Å². The van der Waals surface area contributed by atoms with Gasteiger partial charge in [0.1, 0.15) is 6.61 Å². The van der Waals surface area contributed by atoms with Crippen molar-refractivity contribution < 1.29 is 52.4 Å². The van der Waals surface area contributed by atoms with Crippen LogP contribution in [0.15, 0.2) is 0 Å². The van der Waals surface area contributed by atoms with Crippen molar-refractivity contribution >= 4 is 30.0 Å². The molecular formula is C51H93NO11. The van der Waals surface area contributed by atoms with Crippen LogP contribution in [0.1, 0.15) is 226 Å². The summed E-state index contributed by atoms with van der Waals surface area (Å²) in [6.45, 7) is 5.79. The third-order valence-corrected chi connectivity index (χ3v) is 12.0. The average molecular weight is 896 g/mol.